The Morgan fingerprint density at radius 2 is 1.76 bits per heavy atom. The zero-order chi connectivity index (χ0) is 12.3. The molecule has 0 aliphatic rings. The van der Waals surface area contributed by atoms with Gasteiger partial charge in [0.05, 0.1) is 6.61 Å². The Balaban J connectivity index is 2.48. The maximum atomic E-state index is 13.5. The minimum absolute atomic E-state index is 0.305. The molecule has 0 fully saturated rings. The molecule has 2 nitrogen and oxygen atoms in total. The minimum Gasteiger partial charge on any atom is -0.392 e. The van der Waals surface area contributed by atoms with E-state index in [1.165, 1.54) is 6.07 Å². The summed E-state index contributed by atoms with van der Waals surface area (Å²) in [6.07, 6.45) is 0. The summed E-state index contributed by atoms with van der Waals surface area (Å²) >= 11 is 0. The zero-order valence-electron chi connectivity index (χ0n) is 9.36. The summed E-state index contributed by atoms with van der Waals surface area (Å²) in [6, 6.07) is 12.4. The standard InChI is InChI=1S/C14H14FNO/c15-14-3-1-2-12(13(14)9-17)11-6-4-10(8-16)5-7-11/h1-7,17H,8-9,16H2. The van der Waals surface area contributed by atoms with E-state index in [0.717, 1.165) is 16.7 Å². The summed E-state index contributed by atoms with van der Waals surface area (Å²) in [7, 11) is 0. The Morgan fingerprint density at radius 1 is 1.06 bits per heavy atom. The summed E-state index contributed by atoms with van der Waals surface area (Å²) in [4.78, 5) is 0. The van der Waals surface area contributed by atoms with Crippen LogP contribution < -0.4 is 5.73 Å². The van der Waals surface area contributed by atoms with E-state index in [-0.39, 0.29) is 12.4 Å². The highest BCUT2D eigenvalue weighted by Gasteiger charge is 2.08. The first kappa shape index (κ1) is 11.8. The molecule has 3 heteroatoms. The van der Waals surface area contributed by atoms with E-state index in [2.05, 4.69) is 0 Å². The van der Waals surface area contributed by atoms with Gasteiger partial charge in [0.25, 0.3) is 0 Å². The van der Waals surface area contributed by atoms with Crippen molar-refractivity contribution in [3.05, 3.63) is 59.4 Å². The molecular weight excluding hydrogens is 217 g/mol. The predicted molar refractivity (Wildman–Crippen MR) is 65.7 cm³/mol. The van der Waals surface area contributed by atoms with Crippen LogP contribution in [0.25, 0.3) is 11.1 Å². The maximum absolute atomic E-state index is 13.5. The van der Waals surface area contributed by atoms with Crippen molar-refractivity contribution < 1.29 is 9.50 Å². The van der Waals surface area contributed by atoms with Crippen LogP contribution in [0.3, 0.4) is 0 Å². The van der Waals surface area contributed by atoms with Crippen LogP contribution >= 0.6 is 0 Å². The molecule has 2 aromatic rings. The van der Waals surface area contributed by atoms with Gasteiger partial charge in [-0.2, -0.15) is 0 Å². The second kappa shape index (κ2) is 5.08. The van der Waals surface area contributed by atoms with Gasteiger partial charge in [-0.15, -0.1) is 0 Å². The molecule has 0 aromatic heterocycles. The van der Waals surface area contributed by atoms with E-state index in [0.29, 0.717) is 12.1 Å². The number of aliphatic hydroxyl groups is 1. The second-order valence-corrected chi connectivity index (χ2v) is 3.83. The molecule has 0 saturated heterocycles. The van der Waals surface area contributed by atoms with Crippen molar-refractivity contribution in [1.82, 2.24) is 0 Å². The number of aliphatic hydroxyl groups excluding tert-OH is 1. The van der Waals surface area contributed by atoms with Crippen molar-refractivity contribution in [3.63, 3.8) is 0 Å². The molecule has 0 radical (unpaired) electrons. The molecule has 2 aromatic carbocycles. The molecule has 17 heavy (non-hydrogen) atoms. The van der Waals surface area contributed by atoms with Gasteiger partial charge in [0.15, 0.2) is 0 Å². The van der Waals surface area contributed by atoms with Crippen molar-refractivity contribution >= 4 is 0 Å². The van der Waals surface area contributed by atoms with Gasteiger partial charge < -0.3 is 10.8 Å². The van der Waals surface area contributed by atoms with E-state index in [4.69, 9.17) is 5.73 Å². The van der Waals surface area contributed by atoms with Crippen LogP contribution in [-0.2, 0) is 13.2 Å². The van der Waals surface area contributed by atoms with Crippen molar-refractivity contribution in [3.8, 4) is 11.1 Å². The quantitative estimate of drug-likeness (QED) is 0.852. The third-order valence-corrected chi connectivity index (χ3v) is 2.78. The number of hydrogen-bond acceptors (Lipinski definition) is 2. The monoisotopic (exact) mass is 231 g/mol. The molecule has 0 saturated carbocycles. The molecule has 0 bridgehead atoms. The first-order valence-electron chi connectivity index (χ1n) is 5.44. The molecule has 88 valence electrons. The Morgan fingerprint density at radius 3 is 2.35 bits per heavy atom. The van der Waals surface area contributed by atoms with Gasteiger partial charge in [-0.3, -0.25) is 0 Å². The Kier molecular flexibility index (Phi) is 3.52. The molecule has 0 aliphatic carbocycles. The van der Waals surface area contributed by atoms with Gasteiger partial charge in [0, 0.05) is 12.1 Å². The van der Waals surface area contributed by atoms with Gasteiger partial charge in [0.1, 0.15) is 5.82 Å². The average molecular weight is 231 g/mol. The third-order valence-electron chi connectivity index (χ3n) is 2.78. The molecule has 2 rings (SSSR count). The van der Waals surface area contributed by atoms with Crippen molar-refractivity contribution in [1.29, 1.82) is 0 Å². The Hall–Kier alpha value is -1.71. The topological polar surface area (TPSA) is 46.2 Å². The van der Waals surface area contributed by atoms with Crippen LogP contribution in [0.1, 0.15) is 11.1 Å². The Labute approximate surface area is 99.5 Å². The van der Waals surface area contributed by atoms with Gasteiger partial charge in [-0.25, -0.2) is 4.39 Å². The van der Waals surface area contributed by atoms with Crippen LogP contribution in [0.15, 0.2) is 42.5 Å². The lowest BCUT2D eigenvalue weighted by molar-refractivity contribution is 0.276. The van der Waals surface area contributed by atoms with E-state index < -0.39 is 0 Å². The summed E-state index contributed by atoms with van der Waals surface area (Å²) in [5.41, 5.74) is 8.47. The van der Waals surface area contributed by atoms with Crippen LogP contribution in [0, 0.1) is 5.82 Å². The maximum Gasteiger partial charge on any atom is 0.129 e. The lowest BCUT2D eigenvalue weighted by atomic mass is 9.98. The fourth-order valence-corrected chi connectivity index (χ4v) is 1.81. The summed E-state index contributed by atoms with van der Waals surface area (Å²) < 4.78 is 13.5. The number of nitrogens with two attached hydrogens (primary N) is 1. The van der Waals surface area contributed by atoms with E-state index in [1.807, 2.05) is 24.3 Å². The van der Waals surface area contributed by atoms with E-state index >= 15 is 0 Å². The molecule has 0 aliphatic heterocycles. The van der Waals surface area contributed by atoms with Crippen LogP contribution in [-0.4, -0.2) is 5.11 Å². The summed E-state index contributed by atoms with van der Waals surface area (Å²) in [6.45, 7) is 0.178. The number of rotatable bonds is 3. The largest absolute Gasteiger partial charge is 0.392 e. The fraction of sp³-hybridized carbons (Fsp3) is 0.143. The smallest absolute Gasteiger partial charge is 0.129 e. The molecule has 0 amide bonds. The number of benzene rings is 2. The Bertz CT molecular complexity index is 508. The number of hydrogen-bond donors (Lipinski definition) is 2. The van der Waals surface area contributed by atoms with Crippen LogP contribution in [0.2, 0.25) is 0 Å². The van der Waals surface area contributed by atoms with Crippen molar-refractivity contribution in [2.75, 3.05) is 0 Å². The molecule has 0 heterocycles. The minimum atomic E-state index is -0.382. The highest BCUT2D eigenvalue weighted by molar-refractivity contribution is 5.67. The van der Waals surface area contributed by atoms with Crippen molar-refractivity contribution in [2.24, 2.45) is 5.73 Å². The van der Waals surface area contributed by atoms with Crippen LogP contribution in [0.4, 0.5) is 4.39 Å². The van der Waals surface area contributed by atoms with Crippen LogP contribution in [0.5, 0.6) is 0 Å². The van der Waals surface area contributed by atoms with Crippen molar-refractivity contribution in [2.45, 2.75) is 13.2 Å². The number of halogens is 1. The molecule has 3 N–H and O–H groups in total. The zero-order valence-corrected chi connectivity index (χ0v) is 9.36. The molecule has 0 atom stereocenters. The van der Waals surface area contributed by atoms with E-state index in [1.54, 1.807) is 12.1 Å². The molecule has 0 unspecified atom stereocenters. The molecular formula is C14H14FNO. The highest BCUT2D eigenvalue weighted by Crippen LogP contribution is 2.26. The van der Waals surface area contributed by atoms with E-state index in [9.17, 15) is 9.50 Å². The summed E-state index contributed by atoms with van der Waals surface area (Å²) in [5.74, 6) is -0.382. The van der Waals surface area contributed by atoms with Gasteiger partial charge >= 0.3 is 0 Å². The highest BCUT2D eigenvalue weighted by atomic mass is 19.1. The summed E-state index contributed by atoms with van der Waals surface area (Å²) in [5, 5.41) is 9.20. The van der Waals surface area contributed by atoms with Gasteiger partial charge in [-0.05, 0) is 22.8 Å². The first-order valence-corrected chi connectivity index (χ1v) is 5.44. The first-order chi connectivity index (χ1) is 8.26. The molecule has 0 spiro atoms. The third kappa shape index (κ3) is 2.35. The normalized spacial score (nSPS) is 10.5. The second-order valence-electron chi connectivity index (χ2n) is 3.83. The average Bonchev–Trinajstić information content (AvgIpc) is 2.38. The van der Waals surface area contributed by atoms with Gasteiger partial charge in [0.2, 0.25) is 0 Å². The van der Waals surface area contributed by atoms with Gasteiger partial charge in [-0.1, -0.05) is 36.4 Å². The SMILES string of the molecule is NCc1ccc(-c2cccc(F)c2CO)cc1. The lowest BCUT2D eigenvalue weighted by Crippen LogP contribution is -1.97. The predicted octanol–water partition coefficient (Wildman–Crippen LogP) is 2.44. The lowest BCUT2D eigenvalue weighted by Gasteiger charge is -2.09. The fourth-order valence-electron chi connectivity index (χ4n) is 1.81.